The number of esters is 1. The van der Waals surface area contributed by atoms with Crippen molar-refractivity contribution in [2.45, 2.75) is 0 Å². The minimum atomic E-state index is -0.703. The molecule has 0 aromatic heterocycles. The van der Waals surface area contributed by atoms with E-state index in [0.29, 0.717) is 22.9 Å². The van der Waals surface area contributed by atoms with Gasteiger partial charge in [-0.15, -0.1) is 0 Å². The van der Waals surface area contributed by atoms with E-state index in [0.717, 1.165) is 0 Å². The van der Waals surface area contributed by atoms with Gasteiger partial charge in [-0.25, -0.2) is 4.79 Å². The molecule has 9 nitrogen and oxygen atoms in total. The maximum Gasteiger partial charge on any atom is 0.338 e. The second-order valence-electron chi connectivity index (χ2n) is 7.14. The molecule has 0 aliphatic rings. The molecule has 3 aromatic carbocycles. The third-order valence-electron chi connectivity index (χ3n) is 4.74. The zero-order valence-corrected chi connectivity index (χ0v) is 19.0. The summed E-state index contributed by atoms with van der Waals surface area (Å²) in [7, 11) is 1.54. The molecular weight excluding hydrogens is 450 g/mol. The highest BCUT2D eigenvalue weighted by Crippen LogP contribution is 2.18. The topological polar surface area (TPSA) is 118 Å². The average molecular weight is 473 g/mol. The standard InChI is InChI=1S/C26H23N3O6/c1-33-23-9-5-6-20(16-23)28-24(30)17-34-22-12-10-19(11-13-22)26(32)35-18-25(31)29(15-14-27)21-7-3-2-4-8-21/h2-13,16H,15,17-18H2,1H3,(H,28,30). The molecule has 35 heavy (non-hydrogen) atoms. The van der Waals surface area contributed by atoms with Crippen molar-refractivity contribution in [2.24, 2.45) is 0 Å². The molecule has 0 aliphatic carbocycles. The zero-order chi connectivity index (χ0) is 25.0. The Balaban J connectivity index is 1.49. The van der Waals surface area contributed by atoms with Crippen LogP contribution in [-0.2, 0) is 14.3 Å². The minimum Gasteiger partial charge on any atom is -0.497 e. The average Bonchev–Trinajstić information content (AvgIpc) is 2.90. The smallest absolute Gasteiger partial charge is 0.338 e. The molecule has 0 aliphatic heterocycles. The number of ether oxygens (including phenoxy) is 3. The number of amides is 2. The molecule has 2 amide bonds. The number of nitriles is 1. The Morgan fingerprint density at radius 3 is 2.34 bits per heavy atom. The van der Waals surface area contributed by atoms with Crippen LogP contribution in [-0.4, -0.2) is 44.7 Å². The van der Waals surface area contributed by atoms with E-state index in [1.54, 1.807) is 54.6 Å². The fourth-order valence-corrected chi connectivity index (χ4v) is 3.02. The summed E-state index contributed by atoms with van der Waals surface area (Å²) in [5.74, 6) is -0.590. The lowest BCUT2D eigenvalue weighted by molar-refractivity contribution is -0.121. The summed E-state index contributed by atoms with van der Waals surface area (Å²) < 4.78 is 15.7. The van der Waals surface area contributed by atoms with Crippen molar-refractivity contribution >= 4 is 29.2 Å². The van der Waals surface area contributed by atoms with Crippen LogP contribution in [0.25, 0.3) is 0 Å². The zero-order valence-electron chi connectivity index (χ0n) is 19.0. The number of carbonyl (C=O) groups is 3. The van der Waals surface area contributed by atoms with E-state index < -0.39 is 18.5 Å². The summed E-state index contributed by atoms with van der Waals surface area (Å²) >= 11 is 0. The van der Waals surface area contributed by atoms with Crippen molar-refractivity contribution in [3.63, 3.8) is 0 Å². The second-order valence-corrected chi connectivity index (χ2v) is 7.14. The van der Waals surface area contributed by atoms with Gasteiger partial charge in [0.25, 0.3) is 11.8 Å². The number of anilines is 2. The van der Waals surface area contributed by atoms with Gasteiger partial charge in [-0.05, 0) is 48.5 Å². The second kappa shape index (κ2) is 12.4. The van der Waals surface area contributed by atoms with Crippen LogP contribution in [0.5, 0.6) is 11.5 Å². The Labute approximate surface area is 202 Å². The predicted octanol–water partition coefficient (Wildman–Crippen LogP) is 3.43. The van der Waals surface area contributed by atoms with Crippen LogP contribution >= 0.6 is 0 Å². The maximum atomic E-state index is 12.5. The highest BCUT2D eigenvalue weighted by molar-refractivity contribution is 5.97. The van der Waals surface area contributed by atoms with Crippen LogP contribution < -0.4 is 19.7 Å². The number of carbonyl (C=O) groups excluding carboxylic acids is 3. The van der Waals surface area contributed by atoms with Gasteiger partial charge in [-0.3, -0.25) is 14.5 Å². The lowest BCUT2D eigenvalue weighted by Gasteiger charge is -2.19. The summed E-state index contributed by atoms with van der Waals surface area (Å²) in [4.78, 5) is 38.1. The molecule has 3 rings (SSSR count). The lowest BCUT2D eigenvalue weighted by Crippen LogP contribution is -2.35. The van der Waals surface area contributed by atoms with E-state index in [-0.39, 0.29) is 24.6 Å². The van der Waals surface area contributed by atoms with Crippen molar-refractivity contribution in [1.82, 2.24) is 0 Å². The van der Waals surface area contributed by atoms with Gasteiger partial charge in [0, 0.05) is 17.4 Å². The number of rotatable bonds is 10. The highest BCUT2D eigenvalue weighted by atomic mass is 16.5. The summed E-state index contributed by atoms with van der Waals surface area (Å²) in [5.41, 5.74) is 1.32. The lowest BCUT2D eigenvalue weighted by atomic mass is 10.2. The number of nitrogens with zero attached hydrogens (tertiary/aromatic N) is 2. The molecule has 0 unspecified atom stereocenters. The Kier molecular flexibility index (Phi) is 8.79. The van der Waals surface area contributed by atoms with Crippen molar-refractivity contribution in [1.29, 1.82) is 5.26 Å². The SMILES string of the molecule is COc1cccc(NC(=O)COc2ccc(C(=O)OCC(=O)N(CC#N)c3ccccc3)cc2)c1. The van der Waals surface area contributed by atoms with Crippen molar-refractivity contribution in [3.8, 4) is 17.6 Å². The number of methoxy groups -OCH3 is 1. The third kappa shape index (κ3) is 7.33. The van der Waals surface area contributed by atoms with Crippen LogP contribution in [0.1, 0.15) is 10.4 Å². The first-order valence-corrected chi connectivity index (χ1v) is 10.6. The first-order valence-electron chi connectivity index (χ1n) is 10.6. The molecule has 0 saturated carbocycles. The molecule has 0 bridgehead atoms. The van der Waals surface area contributed by atoms with Crippen molar-refractivity contribution < 1.29 is 28.6 Å². The van der Waals surface area contributed by atoms with Gasteiger partial charge in [-0.2, -0.15) is 5.26 Å². The largest absolute Gasteiger partial charge is 0.497 e. The maximum absolute atomic E-state index is 12.5. The summed E-state index contributed by atoms with van der Waals surface area (Å²) in [6, 6.07) is 23.5. The van der Waals surface area contributed by atoms with E-state index in [4.69, 9.17) is 19.5 Å². The van der Waals surface area contributed by atoms with Crippen LogP contribution in [0.2, 0.25) is 0 Å². The fourth-order valence-electron chi connectivity index (χ4n) is 3.02. The van der Waals surface area contributed by atoms with Crippen molar-refractivity contribution in [3.05, 3.63) is 84.4 Å². The van der Waals surface area contributed by atoms with E-state index in [2.05, 4.69) is 5.32 Å². The molecule has 3 aromatic rings. The number of para-hydroxylation sites is 1. The van der Waals surface area contributed by atoms with Crippen LogP contribution in [0.3, 0.4) is 0 Å². The van der Waals surface area contributed by atoms with E-state index in [1.807, 2.05) is 6.07 Å². The van der Waals surface area contributed by atoms with Crippen molar-refractivity contribution in [2.75, 3.05) is 37.1 Å². The first-order chi connectivity index (χ1) is 17.0. The van der Waals surface area contributed by atoms with Crippen LogP contribution in [0, 0.1) is 11.3 Å². The number of benzene rings is 3. The molecule has 1 N–H and O–H groups in total. The monoisotopic (exact) mass is 473 g/mol. The normalized spacial score (nSPS) is 9.94. The summed E-state index contributed by atoms with van der Waals surface area (Å²) in [6.45, 7) is -0.917. The molecule has 0 saturated heterocycles. The first kappa shape index (κ1) is 24.8. The van der Waals surface area contributed by atoms with Gasteiger partial charge in [-0.1, -0.05) is 24.3 Å². The van der Waals surface area contributed by atoms with Gasteiger partial charge in [0.05, 0.1) is 18.7 Å². The van der Waals surface area contributed by atoms with E-state index in [9.17, 15) is 14.4 Å². The van der Waals surface area contributed by atoms with Gasteiger partial charge in [0.15, 0.2) is 13.2 Å². The number of hydrogen-bond acceptors (Lipinski definition) is 7. The quantitative estimate of drug-likeness (QED) is 0.354. The fraction of sp³-hybridized carbons (Fsp3) is 0.154. The Hall–Kier alpha value is -4.84. The molecule has 0 spiro atoms. The Morgan fingerprint density at radius 2 is 1.66 bits per heavy atom. The van der Waals surface area contributed by atoms with Crippen LogP contribution in [0.4, 0.5) is 11.4 Å². The highest BCUT2D eigenvalue weighted by Gasteiger charge is 2.18. The number of hydrogen-bond donors (Lipinski definition) is 1. The van der Waals surface area contributed by atoms with E-state index in [1.165, 1.54) is 36.3 Å². The molecule has 0 fully saturated rings. The molecule has 0 heterocycles. The third-order valence-corrected chi connectivity index (χ3v) is 4.74. The number of nitrogens with one attached hydrogen (secondary N) is 1. The van der Waals surface area contributed by atoms with Crippen LogP contribution in [0.15, 0.2) is 78.9 Å². The summed E-state index contributed by atoms with van der Waals surface area (Å²) in [5, 5.41) is 11.7. The van der Waals surface area contributed by atoms with Gasteiger partial charge < -0.3 is 19.5 Å². The molecule has 0 radical (unpaired) electrons. The van der Waals surface area contributed by atoms with E-state index >= 15 is 0 Å². The Morgan fingerprint density at radius 1 is 0.914 bits per heavy atom. The molecule has 9 heteroatoms. The van der Waals surface area contributed by atoms with Gasteiger partial charge >= 0.3 is 5.97 Å². The van der Waals surface area contributed by atoms with Gasteiger partial charge in [0.2, 0.25) is 0 Å². The predicted molar refractivity (Wildman–Crippen MR) is 128 cm³/mol. The summed E-state index contributed by atoms with van der Waals surface area (Å²) in [6.07, 6.45) is 0. The van der Waals surface area contributed by atoms with Gasteiger partial charge in [0.1, 0.15) is 18.0 Å². The minimum absolute atomic E-state index is 0.169. The molecular formula is C26H23N3O6. The molecule has 0 atom stereocenters. The molecule has 178 valence electrons. The Bertz CT molecular complexity index is 1210.